The lowest BCUT2D eigenvalue weighted by Crippen LogP contribution is -2.30. The summed E-state index contributed by atoms with van der Waals surface area (Å²) >= 11 is 3.32. The second kappa shape index (κ2) is 6.84. The second-order valence-corrected chi connectivity index (χ2v) is 6.09. The molecule has 6 nitrogen and oxygen atoms in total. The van der Waals surface area contributed by atoms with Gasteiger partial charge in [0.1, 0.15) is 0 Å². The number of H-pyrrole nitrogens is 1. The van der Waals surface area contributed by atoms with Crippen LogP contribution in [0.2, 0.25) is 0 Å². The summed E-state index contributed by atoms with van der Waals surface area (Å²) in [4.78, 5) is 31.3. The lowest BCUT2D eigenvalue weighted by molar-refractivity contribution is -0.123. The maximum atomic E-state index is 12.2. The number of anilines is 1. The zero-order chi connectivity index (χ0) is 17.1. The molecule has 0 radical (unpaired) electrons. The number of hydrogen-bond acceptors (Lipinski definition) is 4. The van der Waals surface area contributed by atoms with E-state index in [0.717, 1.165) is 15.5 Å². The topological polar surface area (TPSA) is 84.1 Å². The Bertz CT molecular complexity index is 889. The van der Waals surface area contributed by atoms with Crippen molar-refractivity contribution in [2.24, 2.45) is 0 Å². The Morgan fingerprint density at radius 3 is 2.71 bits per heavy atom. The van der Waals surface area contributed by atoms with Crippen LogP contribution in [0, 0.1) is 0 Å². The van der Waals surface area contributed by atoms with Gasteiger partial charge in [0.05, 0.1) is 22.9 Å². The van der Waals surface area contributed by atoms with E-state index in [9.17, 15) is 9.59 Å². The molecule has 3 rings (SSSR count). The highest BCUT2D eigenvalue weighted by Gasteiger charge is 2.19. The number of aromatic nitrogens is 2. The SMILES string of the molecule is CC(OC(=O)c1ccc2nc[nH]c2c1)C(=O)Nc1ccc(Br)cc1. The number of carbonyl (C=O) groups excluding carboxylic acids is 2. The molecule has 2 aromatic carbocycles. The van der Waals surface area contributed by atoms with Crippen molar-refractivity contribution < 1.29 is 14.3 Å². The van der Waals surface area contributed by atoms with E-state index in [4.69, 9.17) is 4.74 Å². The summed E-state index contributed by atoms with van der Waals surface area (Å²) in [5.74, 6) is -0.960. The average molecular weight is 388 g/mol. The Kier molecular flexibility index (Phi) is 4.61. The number of esters is 1. The number of carbonyl (C=O) groups is 2. The highest BCUT2D eigenvalue weighted by molar-refractivity contribution is 9.10. The van der Waals surface area contributed by atoms with Gasteiger partial charge in [-0.3, -0.25) is 4.79 Å². The number of imidazole rings is 1. The molecule has 0 saturated heterocycles. The number of hydrogen-bond donors (Lipinski definition) is 2. The van der Waals surface area contributed by atoms with Crippen LogP contribution in [0.25, 0.3) is 11.0 Å². The lowest BCUT2D eigenvalue weighted by atomic mass is 10.2. The van der Waals surface area contributed by atoms with Crippen LogP contribution in [0.3, 0.4) is 0 Å². The van der Waals surface area contributed by atoms with E-state index in [-0.39, 0.29) is 0 Å². The van der Waals surface area contributed by atoms with Crippen molar-refractivity contribution in [1.82, 2.24) is 9.97 Å². The maximum absolute atomic E-state index is 12.2. The van der Waals surface area contributed by atoms with E-state index in [1.165, 1.54) is 6.92 Å². The van der Waals surface area contributed by atoms with Gasteiger partial charge in [-0.25, -0.2) is 9.78 Å². The second-order valence-electron chi connectivity index (χ2n) is 5.18. The highest BCUT2D eigenvalue weighted by Crippen LogP contribution is 2.16. The Labute approximate surface area is 146 Å². The van der Waals surface area contributed by atoms with Crippen LogP contribution in [0.4, 0.5) is 5.69 Å². The van der Waals surface area contributed by atoms with Gasteiger partial charge in [0.25, 0.3) is 5.91 Å². The van der Waals surface area contributed by atoms with Gasteiger partial charge in [0.15, 0.2) is 6.10 Å². The van der Waals surface area contributed by atoms with Gasteiger partial charge >= 0.3 is 5.97 Å². The number of rotatable bonds is 4. The zero-order valence-corrected chi connectivity index (χ0v) is 14.3. The number of nitrogens with one attached hydrogen (secondary N) is 2. The molecule has 0 bridgehead atoms. The molecule has 1 amide bonds. The van der Waals surface area contributed by atoms with E-state index in [1.54, 1.807) is 36.7 Å². The number of aromatic amines is 1. The monoisotopic (exact) mass is 387 g/mol. The van der Waals surface area contributed by atoms with Crippen LogP contribution in [0.15, 0.2) is 53.3 Å². The molecular weight excluding hydrogens is 374 g/mol. The molecule has 0 saturated carbocycles. The Morgan fingerprint density at radius 1 is 1.21 bits per heavy atom. The standard InChI is InChI=1S/C17H14BrN3O3/c1-10(16(22)21-13-5-3-12(18)4-6-13)24-17(23)11-2-7-14-15(8-11)20-9-19-14/h2-10H,1H3,(H,19,20)(H,21,22). The number of amides is 1. The van der Waals surface area contributed by atoms with E-state index in [0.29, 0.717) is 11.3 Å². The summed E-state index contributed by atoms with van der Waals surface area (Å²) in [6.07, 6.45) is 0.632. The molecule has 0 aliphatic heterocycles. The smallest absolute Gasteiger partial charge is 0.338 e. The van der Waals surface area contributed by atoms with E-state index >= 15 is 0 Å². The third-order valence-corrected chi connectivity index (χ3v) is 3.95. The third kappa shape index (κ3) is 3.62. The van der Waals surface area contributed by atoms with Crippen molar-refractivity contribution >= 4 is 44.5 Å². The average Bonchev–Trinajstić information content (AvgIpc) is 3.04. The summed E-state index contributed by atoms with van der Waals surface area (Å²) in [7, 11) is 0. The molecule has 24 heavy (non-hydrogen) atoms. The number of benzene rings is 2. The quantitative estimate of drug-likeness (QED) is 0.670. The molecule has 0 spiro atoms. The molecule has 1 atom stereocenters. The summed E-state index contributed by atoms with van der Waals surface area (Å²) in [6.45, 7) is 1.53. The Hall–Kier alpha value is -2.67. The van der Waals surface area contributed by atoms with Gasteiger partial charge in [0.2, 0.25) is 0 Å². The molecule has 1 aromatic heterocycles. The Morgan fingerprint density at radius 2 is 1.96 bits per heavy atom. The molecule has 122 valence electrons. The van der Waals surface area contributed by atoms with Crippen LogP contribution in [-0.4, -0.2) is 27.9 Å². The van der Waals surface area contributed by atoms with Crippen LogP contribution < -0.4 is 5.32 Å². The molecule has 0 aliphatic carbocycles. The predicted octanol–water partition coefficient (Wildman–Crippen LogP) is 3.51. The minimum atomic E-state index is -0.918. The van der Waals surface area contributed by atoms with Crippen molar-refractivity contribution in [3.8, 4) is 0 Å². The molecule has 0 fully saturated rings. The van der Waals surface area contributed by atoms with E-state index in [2.05, 4.69) is 31.2 Å². The molecule has 0 aliphatic rings. The van der Waals surface area contributed by atoms with Gasteiger partial charge in [0, 0.05) is 10.2 Å². The first-order valence-corrected chi connectivity index (χ1v) is 8.03. The fourth-order valence-electron chi connectivity index (χ4n) is 2.12. The van der Waals surface area contributed by atoms with E-state index in [1.807, 2.05) is 12.1 Å². The molecule has 7 heteroatoms. The van der Waals surface area contributed by atoms with E-state index < -0.39 is 18.0 Å². The number of halogens is 1. The van der Waals surface area contributed by atoms with Crippen LogP contribution in [0.1, 0.15) is 17.3 Å². The molecule has 1 heterocycles. The van der Waals surface area contributed by atoms with Gasteiger partial charge < -0.3 is 15.0 Å². The fraction of sp³-hybridized carbons (Fsp3) is 0.118. The highest BCUT2D eigenvalue weighted by atomic mass is 79.9. The summed E-state index contributed by atoms with van der Waals surface area (Å²) in [5, 5.41) is 2.70. The first kappa shape index (κ1) is 16.2. The first-order chi connectivity index (χ1) is 11.5. The minimum Gasteiger partial charge on any atom is -0.449 e. The molecule has 2 N–H and O–H groups in total. The normalized spacial score (nSPS) is 11.9. The van der Waals surface area contributed by atoms with Crippen LogP contribution >= 0.6 is 15.9 Å². The van der Waals surface area contributed by atoms with Gasteiger partial charge in [-0.2, -0.15) is 0 Å². The number of fused-ring (bicyclic) bond motifs is 1. The van der Waals surface area contributed by atoms with Gasteiger partial charge in [-0.1, -0.05) is 15.9 Å². The van der Waals surface area contributed by atoms with Crippen molar-refractivity contribution in [1.29, 1.82) is 0 Å². The lowest BCUT2D eigenvalue weighted by Gasteiger charge is -2.13. The first-order valence-electron chi connectivity index (χ1n) is 7.23. The van der Waals surface area contributed by atoms with Crippen molar-refractivity contribution in [3.05, 3.63) is 58.8 Å². The molecule has 1 unspecified atom stereocenters. The predicted molar refractivity (Wildman–Crippen MR) is 93.7 cm³/mol. The van der Waals surface area contributed by atoms with Crippen molar-refractivity contribution in [2.45, 2.75) is 13.0 Å². The molecular formula is C17H14BrN3O3. The summed E-state index contributed by atoms with van der Waals surface area (Å²) < 4.78 is 6.14. The zero-order valence-electron chi connectivity index (χ0n) is 12.7. The Balaban J connectivity index is 1.64. The summed E-state index contributed by atoms with van der Waals surface area (Å²) in [6, 6.07) is 12.1. The van der Waals surface area contributed by atoms with Crippen LogP contribution in [0.5, 0.6) is 0 Å². The minimum absolute atomic E-state index is 0.357. The van der Waals surface area contributed by atoms with Crippen LogP contribution in [-0.2, 0) is 9.53 Å². The third-order valence-electron chi connectivity index (χ3n) is 3.42. The van der Waals surface area contributed by atoms with Crippen molar-refractivity contribution in [3.63, 3.8) is 0 Å². The summed E-state index contributed by atoms with van der Waals surface area (Å²) in [5.41, 5.74) is 2.48. The number of ether oxygens (including phenoxy) is 1. The largest absolute Gasteiger partial charge is 0.449 e. The number of nitrogens with zero attached hydrogens (tertiary/aromatic N) is 1. The van der Waals surface area contributed by atoms with Gasteiger partial charge in [-0.05, 0) is 49.4 Å². The van der Waals surface area contributed by atoms with Crippen molar-refractivity contribution in [2.75, 3.05) is 5.32 Å². The fourth-order valence-corrected chi connectivity index (χ4v) is 2.39. The van der Waals surface area contributed by atoms with Gasteiger partial charge in [-0.15, -0.1) is 0 Å². The molecule has 3 aromatic rings. The maximum Gasteiger partial charge on any atom is 0.338 e.